The predicted molar refractivity (Wildman–Crippen MR) is 69.0 cm³/mol. The van der Waals surface area contributed by atoms with Crippen LogP contribution in [0.2, 0.25) is 0 Å². The normalized spacial score (nSPS) is 11.8. The highest BCUT2D eigenvalue weighted by Gasteiger charge is 2.09. The zero-order valence-corrected chi connectivity index (χ0v) is 10.1. The van der Waals surface area contributed by atoms with Crippen molar-refractivity contribution >= 4 is 5.91 Å². The number of carbonyl (C=O) groups excluding carboxylic acids is 1. The number of carbonyl (C=O) groups is 1. The van der Waals surface area contributed by atoms with Gasteiger partial charge in [0, 0.05) is 13.1 Å². The SMILES string of the molecule is C=CCOc1ccc(CNCC(O)C(N)=O)cc1. The summed E-state index contributed by atoms with van der Waals surface area (Å²) in [5.74, 6) is 0.0477. The van der Waals surface area contributed by atoms with Gasteiger partial charge in [-0.1, -0.05) is 24.8 Å². The second-order valence-electron chi connectivity index (χ2n) is 3.79. The first-order valence-electron chi connectivity index (χ1n) is 5.64. The van der Waals surface area contributed by atoms with E-state index in [4.69, 9.17) is 10.5 Å². The first-order valence-corrected chi connectivity index (χ1v) is 5.64. The maximum Gasteiger partial charge on any atom is 0.247 e. The van der Waals surface area contributed by atoms with Crippen molar-refractivity contribution in [3.63, 3.8) is 0 Å². The average molecular weight is 250 g/mol. The van der Waals surface area contributed by atoms with Crippen LogP contribution in [-0.4, -0.2) is 30.3 Å². The Morgan fingerprint density at radius 2 is 2.17 bits per heavy atom. The zero-order valence-electron chi connectivity index (χ0n) is 10.1. The molecule has 0 aliphatic rings. The summed E-state index contributed by atoms with van der Waals surface area (Å²) in [5.41, 5.74) is 5.95. The molecule has 1 aromatic carbocycles. The first-order chi connectivity index (χ1) is 8.63. The second kappa shape index (κ2) is 7.47. The van der Waals surface area contributed by atoms with Gasteiger partial charge in [-0.2, -0.15) is 0 Å². The minimum absolute atomic E-state index is 0.143. The summed E-state index contributed by atoms with van der Waals surface area (Å²) in [7, 11) is 0. The van der Waals surface area contributed by atoms with E-state index in [-0.39, 0.29) is 6.54 Å². The fourth-order valence-electron chi connectivity index (χ4n) is 1.31. The number of nitrogens with one attached hydrogen (secondary N) is 1. The standard InChI is InChI=1S/C13H18N2O3/c1-2-7-18-11-5-3-10(4-6-11)8-15-9-12(16)13(14)17/h2-6,12,15-16H,1,7-9H2,(H2,14,17). The molecule has 0 saturated carbocycles. The van der Waals surface area contributed by atoms with E-state index in [2.05, 4.69) is 11.9 Å². The maximum absolute atomic E-state index is 10.6. The van der Waals surface area contributed by atoms with Crippen molar-refractivity contribution in [2.24, 2.45) is 5.73 Å². The number of nitrogens with two attached hydrogens (primary N) is 1. The largest absolute Gasteiger partial charge is 0.490 e. The van der Waals surface area contributed by atoms with Crippen LogP contribution >= 0.6 is 0 Å². The fourth-order valence-corrected chi connectivity index (χ4v) is 1.31. The number of hydrogen-bond donors (Lipinski definition) is 3. The van der Waals surface area contributed by atoms with E-state index in [1.807, 2.05) is 24.3 Å². The van der Waals surface area contributed by atoms with E-state index in [0.717, 1.165) is 11.3 Å². The summed E-state index contributed by atoms with van der Waals surface area (Å²) in [6.45, 7) is 4.73. The van der Waals surface area contributed by atoms with Crippen molar-refractivity contribution in [2.75, 3.05) is 13.2 Å². The molecule has 0 bridgehead atoms. The third-order valence-electron chi connectivity index (χ3n) is 2.29. The van der Waals surface area contributed by atoms with Gasteiger partial charge in [0.05, 0.1) is 0 Å². The van der Waals surface area contributed by atoms with Crippen LogP contribution in [0.1, 0.15) is 5.56 Å². The number of aliphatic hydroxyl groups excluding tert-OH is 1. The number of ether oxygens (including phenoxy) is 1. The van der Waals surface area contributed by atoms with Crippen molar-refractivity contribution in [1.82, 2.24) is 5.32 Å². The molecule has 0 heterocycles. The van der Waals surface area contributed by atoms with Gasteiger partial charge in [0.2, 0.25) is 5.91 Å². The summed E-state index contributed by atoms with van der Waals surface area (Å²) in [4.78, 5) is 10.6. The van der Waals surface area contributed by atoms with Crippen LogP contribution in [0.4, 0.5) is 0 Å². The topological polar surface area (TPSA) is 84.6 Å². The van der Waals surface area contributed by atoms with Crippen molar-refractivity contribution in [3.05, 3.63) is 42.5 Å². The van der Waals surface area contributed by atoms with Crippen LogP contribution in [0.15, 0.2) is 36.9 Å². The summed E-state index contributed by atoms with van der Waals surface area (Å²) in [6, 6.07) is 7.51. The molecule has 98 valence electrons. The summed E-state index contributed by atoms with van der Waals surface area (Å²) >= 11 is 0. The molecule has 1 rings (SSSR count). The molecular weight excluding hydrogens is 232 g/mol. The van der Waals surface area contributed by atoms with Crippen LogP contribution in [0.25, 0.3) is 0 Å². The number of benzene rings is 1. The monoisotopic (exact) mass is 250 g/mol. The molecule has 0 aromatic heterocycles. The predicted octanol–water partition coefficient (Wildman–Crippen LogP) is 0.187. The molecule has 0 fully saturated rings. The molecule has 1 unspecified atom stereocenters. The highest BCUT2D eigenvalue weighted by molar-refractivity contribution is 5.78. The van der Waals surface area contributed by atoms with Gasteiger partial charge < -0.3 is 20.9 Å². The molecular formula is C13H18N2O3. The Morgan fingerprint density at radius 3 is 2.72 bits per heavy atom. The highest BCUT2D eigenvalue weighted by Crippen LogP contribution is 2.11. The maximum atomic E-state index is 10.6. The van der Waals surface area contributed by atoms with Crippen LogP contribution in [0.3, 0.4) is 0 Å². The molecule has 0 aliphatic heterocycles. The van der Waals surface area contributed by atoms with E-state index in [9.17, 15) is 9.90 Å². The Bertz CT molecular complexity index is 390. The number of hydrogen-bond acceptors (Lipinski definition) is 4. The molecule has 4 N–H and O–H groups in total. The van der Waals surface area contributed by atoms with Crippen molar-refractivity contribution in [3.8, 4) is 5.75 Å². The van der Waals surface area contributed by atoms with Gasteiger partial charge in [-0.15, -0.1) is 0 Å². The van der Waals surface area contributed by atoms with E-state index >= 15 is 0 Å². The highest BCUT2D eigenvalue weighted by atomic mass is 16.5. The van der Waals surface area contributed by atoms with Crippen LogP contribution < -0.4 is 15.8 Å². The number of primary amides is 1. The smallest absolute Gasteiger partial charge is 0.247 e. The van der Waals surface area contributed by atoms with Crippen LogP contribution in [0.5, 0.6) is 5.75 Å². The Morgan fingerprint density at radius 1 is 1.50 bits per heavy atom. The van der Waals surface area contributed by atoms with Crippen molar-refractivity contribution < 1.29 is 14.6 Å². The molecule has 5 heteroatoms. The summed E-state index contributed by atoms with van der Waals surface area (Å²) < 4.78 is 5.34. The number of amides is 1. The Hall–Kier alpha value is -1.85. The van der Waals surface area contributed by atoms with Gasteiger partial charge in [0.25, 0.3) is 0 Å². The lowest BCUT2D eigenvalue weighted by Crippen LogP contribution is -2.37. The molecule has 5 nitrogen and oxygen atoms in total. The van der Waals surface area contributed by atoms with Gasteiger partial charge in [-0.3, -0.25) is 4.79 Å². The molecule has 0 aliphatic carbocycles. The number of aliphatic hydroxyl groups is 1. The summed E-state index contributed by atoms with van der Waals surface area (Å²) in [6.07, 6.45) is 0.529. The second-order valence-corrected chi connectivity index (χ2v) is 3.79. The zero-order chi connectivity index (χ0) is 13.4. The van der Waals surface area contributed by atoms with Gasteiger partial charge >= 0.3 is 0 Å². The molecule has 0 saturated heterocycles. The quantitative estimate of drug-likeness (QED) is 0.575. The lowest BCUT2D eigenvalue weighted by Gasteiger charge is -2.09. The molecule has 18 heavy (non-hydrogen) atoms. The first kappa shape index (κ1) is 14.2. The molecule has 0 spiro atoms. The van der Waals surface area contributed by atoms with E-state index in [1.165, 1.54) is 0 Å². The van der Waals surface area contributed by atoms with Gasteiger partial charge in [0.15, 0.2) is 0 Å². The van der Waals surface area contributed by atoms with Crippen molar-refractivity contribution in [1.29, 1.82) is 0 Å². The van der Waals surface area contributed by atoms with E-state index in [0.29, 0.717) is 13.2 Å². The minimum atomic E-state index is -1.15. The third-order valence-corrected chi connectivity index (χ3v) is 2.29. The van der Waals surface area contributed by atoms with Gasteiger partial charge in [-0.05, 0) is 17.7 Å². The van der Waals surface area contributed by atoms with Gasteiger partial charge in [0.1, 0.15) is 18.5 Å². The van der Waals surface area contributed by atoms with E-state index < -0.39 is 12.0 Å². The van der Waals surface area contributed by atoms with Crippen LogP contribution in [-0.2, 0) is 11.3 Å². The minimum Gasteiger partial charge on any atom is -0.490 e. The van der Waals surface area contributed by atoms with Crippen LogP contribution in [0, 0.1) is 0 Å². The molecule has 1 amide bonds. The lowest BCUT2D eigenvalue weighted by atomic mass is 10.2. The summed E-state index contributed by atoms with van der Waals surface area (Å²) in [5, 5.41) is 12.1. The molecule has 1 aromatic rings. The fraction of sp³-hybridized carbons (Fsp3) is 0.308. The average Bonchev–Trinajstić information content (AvgIpc) is 2.37. The lowest BCUT2D eigenvalue weighted by molar-refractivity contribution is -0.125. The Labute approximate surface area is 106 Å². The number of rotatable bonds is 8. The van der Waals surface area contributed by atoms with Crippen molar-refractivity contribution in [2.45, 2.75) is 12.6 Å². The molecule has 1 atom stereocenters. The van der Waals surface area contributed by atoms with Gasteiger partial charge in [-0.25, -0.2) is 0 Å². The van der Waals surface area contributed by atoms with E-state index in [1.54, 1.807) is 6.08 Å². The third kappa shape index (κ3) is 4.99. The Kier molecular flexibility index (Phi) is 5.90. The molecule has 0 radical (unpaired) electrons. The Balaban J connectivity index is 2.34.